The number of nitrogens with zero attached hydrogens (tertiary/aromatic N) is 5. The number of rotatable bonds is 6. The van der Waals surface area contributed by atoms with Crippen molar-refractivity contribution in [2.24, 2.45) is 0 Å². The third kappa shape index (κ3) is 3.40. The third-order valence-electron chi connectivity index (χ3n) is 3.34. The van der Waals surface area contributed by atoms with Gasteiger partial charge < -0.3 is 4.52 Å². The molecule has 22 heavy (non-hydrogen) atoms. The van der Waals surface area contributed by atoms with E-state index in [4.69, 9.17) is 4.52 Å². The van der Waals surface area contributed by atoms with Crippen molar-refractivity contribution in [2.75, 3.05) is 7.05 Å². The fourth-order valence-electron chi connectivity index (χ4n) is 2.26. The van der Waals surface area contributed by atoms with E-state index in [1.807, 2.05) is 61.4 Å². The summed E-state index contributed by atoms with van der Waals surface area (Å²) in [6.45, 7) is 3.41. The van der Waals surface area contributed by atoms with Gasteiger partial charge in [0.15, 0.2) is 5.82 Å². The molecule has 0 aliphatic carbocycles. The monoisotopic (exact) mass is 297 g/mol. The summed E-state index contributed by atoms with van der Waals surface area (Å²) in [6, 6.07) is 10.1. The van der Waals surface area contributed by atoms with Gasteiger partial charge in [0.1, 0.15) is 0 Å². The van der Waals surface area contributed by atoms with Crippen LogP contribution in [0.25, 0.3) is 5.69 Å². The predicted molar refractivity (Wildman–Crippen MR) is 82.4 cm³/mol. The summed E-state index contributed by atoms with van der Waals surface area (Å²) in [5.41, 5.74) is 2.20. The van der Waals surface area contributed by atoms with Gasteiger partial charge in [-0.3, -0.25) is 4.90 Å². The summed E-state index contributed by atoms with van der Waals surface area (Å²) in [5.74, 6) is 1.40. The molecule has 0 saturated carbocycles. The Bertz CT molecular complexity index is 719. The van der Waals surface area contributed by atoms with Crippen molar-refractivity contribution in [3.8, 4) is 5.69 Å². The molecular weight excluding hydrogens is 278 g/mol. The molecule has 6 heteroatoms. The number of hydrogen-bond acceptors (Lipinski definition) is 5. The topological polar surface area (TPSA) is 60.0 Å². The molecule has 0 radical (unpaired) electrons. The van der Waals surface area contributed by atoms with E-state index >= 15 is 0 Å². The molecule has 114 valence electrons. The minimum Gasteiger partial charge on any atom is -0.338 e. The lowest BCUT2D eigenvalue weighted by Crippen LogP contribution is -2.17. The van der Waals surface area contributed by atoms with Crippen LogP contribution < -0.4 is 0 Å². The van der Waals surface area contributed by atoms with Gasteiger partial charge in [0.25, 0.3) is 0 Å². The molecule has 0 spiro atoms. The normalized spacial score (nSPS) is 11.2. The molecule has 0 aliphatic heterocycles. The minimum absolute atomic E-state index is 0.628. The number of aromatic nitrogens is 4. The van der Waals surface area contributed by atoms with Gasteiger partial charge in [-0.25, -0.2) is 4.68 Å². The molecule has 0 saturated heterocycles. The molecule has 3 rings (SSSR count). The Labute approximate surface area is 129 Å². The Morgan fingerprint density at radius 1 is 1.18 bits per heavy atom. The number of benzene rings is 1. The first kappa shape index (κ1) is 14.5. The van der Waals surface area contributed by atoms with Crippen LogP contribution in [0.1, 0.15) is 24.2 Å². The first-order valence-electron chi connectivity index (χ1n) is 7.33. The molecule has 0 amide bonds. The molecule has 1 aromatic carbocycles. The van der Waals surface area contributed by atoms with Crippen LogP contribution in [0, 0.1) is 0 Å². The van der Waals surface area contributed by atoms with E-state index in [-0.39, 0.29) is 0 Å². The summed E-state index contributed by atoms with van der Waals surface area (Å²) in [5, 5.41) is 8.31. The first-order valence-corrected chi connectivity index (χ1v) is 7.33. The van der Waals surface area contributed by atoms with Crippen molar-refractivity contribution in [1.82, 2.24) is 24.8 Å². The highest BCUT2D eigenvalue weighted by molar-refractivity contribution is 5.30. The second-order valence-corrected chi connectivity index (χ2v) is 5.26. The summed E-state index contributed by atoms with van der Waals surface area (Å²) in [6.07, 6.45) is 4.71. The van der Waals surface area contributed by atoms with Gasteiger partial charge in [0.2, 0.25) is 5.89 Å². The zero-order valence-electron chi connectivity index (χ0n) is 12.8. The van der Waals surface area contributed by atoms with Crippen molar-refractivity contribution >= 4 is 0 Å². The SMILES string of the molecule is CCc1noc(CN(C)Cc2cnn(-c3ccccc3)c2)n1. The maximum Gasteiger partial charge on any atom is 0.240 e. The van der Waals surface area contributed by atoms with Crippen LogP contribution in [0.2, 0.25) is 0 Å². The summed E-state index contributed by atoms with van der Waals surface area (Å²) in [7, 11) is 2.02. The van der Waals surface area contributed by atoms with Gasteiger partial charge in [-0.1, -0.05) is 30.3 Å². The van der Waals surface area contributed by atoms with Crippen LogP contribution in [-0.4, -0.2) is 31.9 Å². The minimum atomic E-state index is 0.628. The molecule has 0 N–H and O–H groups in total. The largest absolute Gasteiger partial charge is 0.338 e. The van der Waals surface area contributed by atoms with Crippen LogP contribution in [0.4, 0.5) is 0 Å². The molecule has 3 aromatic rings. The van der Waals surface area contributed by atoms with Crippen molar-refractivity contribution < 1.29 is 4.52 Å². The van der Waals surface area contributed by atoms with Gasteiger partial charge in [0, 0.05) is 24.7 Å². The van der Waals surface area contributed by atoms with Gasteiger partial charge >= 0.3 is 0 Å². The Morgan fingerprint density at radius 3 is 2.73 bits per heavy atom. The van der Waals surface area contributed by atoms with Crippen LogP contribution in [0.15, 0.2) is 47.2 Å². The fourth-order valence-corrected chi connectivity index (χ4v) is 2.26. The Hall–Kier alpha value is -2.47. The zero-order chi connectivity index (χ0) is 15.4. The van der Waals surface area contributed by atoms with Crippen molar-refractivity contribution in [3.63, 3.8) is 0 Å². The number of aryl methyl sites for hydroxylation is 1. The average molecular weight is 297 g/mol. The van der Waals surface area contributed by atoms with Crippen molar-refractivity contribution in [2.45, 2.75) is 26.4 Å². The zero-order valence-corrected chi connectivity index (χ0v) is 12.8. The molecule has 0 aliphatic rings. The van der Waals surface area contributed by atoms with E-state index in [9.17, 15) is 0 Å². The third-order valence-corrected chi connectivity index (χ3v) is 3.34. The second kappa shape index (κ2) is 6.53. The molecule has 0 fully saturated rings. The van der Waals surface area contributed by atoms with Gasteiger partial charge in [-0.15, -0.1) is 0 Å². The Kier molecular flexibility index (Phi) is 4.29. The lowest BCUT2D eigenvalue weighted by Gasteiger charge is -2.12. The summed E-state index contributed by atoms with van der Waals surface area (Å²) < 4.78 is 7.09. The van der Waals surface area contributed by atoms with E-state index in [2.05, 4.69) is 20.1 Å². The van der Waals surface area contributed by atoms with E-state index in [1.54, 1.807) is 0 Å². The van der Waals surface area contributed by atoms with Crippen molar-refractivity contribution in [1.29, 1.82) is 0 Å². The van der Waals surface area contributed by atoms with Crippen LogP contribution in [0.3, 0.4) is 0 Å². The molecule has 2 aromatic heterocycles. The lowest BCUT2D eigenvalue weighted by atomic mass is 10.3. The molecule has 0 bridgehead atoms. The van der Waals surface area contributed by atoms with Crippen LogP contribution in [0.5, 0.6) is 0 Å². The maximum atomic E-state index is 5.21. The van der Waals surface area contributed by atoms with E-state index < -0.39 is 0 Å². The van der Waals surface area contributed by atoms with E-state index in [0.29, 0.717) is 12.4 Å². The lowest BCUT2D eigenvalue weighted by molar-refractivity contribution is 0.260. The molecule has 0 unspecified atom stereocenters. The van der Waals surface area contributed by atoms with Gasteiger partial charge in [-0.2, -0.15) is 10.1 Å². The molecule has 2 heterocycles. The molecule has 6 nitrogen and oxygen atoms in total. The first-order chi connectivity index (χ1) is 10.7. The number of hydrogen-bond donors (Lipinski definition) is 0. The quantitative estimate of drug-likeness (QED) is 0.699. The molecular formula is C16H19N5O. The standard InChI is InChI=1S/C16H19N5O/c1-3-15-18-16(22-19-15)12-20(2)10-13-9-17-21(11-13)14-7-5-4-6-8-14/h4-9,11H,3,10,12H2,1-2H3. The average Bonchev–Trinajstić information content (AvgIpc) is 3.17. The van der Waals surface area contributed by atoms with E-state index in [1.165, 1.54) is 0 Å². The van der Waals surface area contributed by atoms with Crippen LogP contribution in [-0.2, 0) is 19.5 Å². The highest BCUT2D eigenvalue weighted by Gasteiger charge is 2.10. The van der Waals surface area contributed by atoms with Gasteiger partial charge in [0.05, 0.1) is 18.4 Å². The highest BCUT2D eigenvalue weighted by atomic mass is 16.5. The predicted octanol–water partition coefficient (Wildman–Crippen LogP) is 2.45. The second-order valence-electron chi connectivity index (χ2n) is 5.26. The highest BCUT2D eigenvalue weighted by Crippen LogP contribution is 2.10. The Balaban J connectivity index is 1.62. The van der Waals surface area contributed by atoms with Gasteiger partial charge in [-0.05, 0) is 19.2 Å². The smallest absolute Gasteiger partial charge is 0.240 e. The summed E-state index contributed by atoms with van der Waals surface area (Å²) >= 11 is 0. The number of para-hydroxylation sites is 1. The van der Waals surface area contributed by atoms with E-state index in [0.717, 1.165) is 30.0 Å². The maximum absolute atomic E-state index is 5.21. The van der Waals surface area contributed by atoms with Crippen molar-refractivity contribution in [3.05, 3.63) is 60.0 Å². The molecule has 0 atom stereocenters. The van der Waals surface area contributed by atoms with Crippen LogP contribution >= 0.6 is 0 Å². The summed E-state index contributed by atoms with van der Waals surface area (Å²) in [4.78, 5) is 6.45. The fraction of sp³-hybridized carbons (Fsp3) is 0.312. The Morgan fingerprint density at radius 2 is 2.00 bits per heavy atom.